The lowest BCUT2D eigenvalue weighted by Crippen LogP contribution is -2.50. The number of carbonyl (C=O) groups excluding carboxylic acids is 1. The SMILES string of the molecule is CCC(C#N)(CC)NC(=O)C(C)OS(C)(=O)=O. The van der Waals surface area contributed by atoms with E-state index in [1.165, 1.54) is 6.92 Å². The van der Waals surface area contributed by atoms with Gasteiger partial charge in [-0.15, -0.1) is 0 Å². The Morgan fingerprint density at radius 3 is 2.24 bits per heavy atom. The van der Waals surface area contributed by atoms with Gasteiger partial charge in [0, 0.05) is 0 Å². The molecule has 6 nitrogen and oxygen atoms in total. The van der Waals surface area contributed by atoms with Crippen LogP contribution in [0.25, 0.3) is 0 Å². The molecular weight excluding hydrogens is 244 g/mol. The van der Waals surface area contributed by atoms with E-state index < -0.39 is 27.7 Å². The molecule has 1 N–H and O–H groups in total. The lowest BCUT2D eigenvalue weighted by Gasteiger charge is -2.26. The molecule has 0 saturated carbocycles. The van der Waals surface area contributed by atoms with Gasteiger partial charge >= 0.3 is 0 Å². The molecule has 0 heterocycles. The van der Waals surface area contributed by atoms with E-state index in [1.807, 2.05) is 6.07 Å². The summed E-state index contributed by atoms with van der Waals surface area (Å²) >= 11 is 0. The van der Waals surface area contributed by atoms with E-state index in [2.05, 4.69) is 9.50 Å². The van der Waals surface area contributed by atoms with E-state index in [0.717, 1.165) is 6.26 Å². The maximum absolute atomic E-state index is 11.7. The second-order valence-electron chi connectivity index (χ2n) is 3.83. The van der Waals surface area contributed by atoms with Gasteiger partial charge in [-0.3, -0.25) is 8.98 Å². The van der Waals surface area contributed by atoms with Gasteiger partial charge in [0.2, 0.25) is 0 Å². The first-order valence-electron chi connectivity index (χ1n) is 5.31. The molecule has 0 saturated heterocycles. The maximum atomic E-state index is 11.7. The Balaban J connectivity index is 4.70. The molecule has 0 aliphatic rings. The lowest BCUT2D eigenvalue weighted by atomic mass is 9.94. The molecular formula is C10H18N2O4S. The standard InChI is InChI=1S/C10H18N2O4S/c1-5-10(6-2,7-11)12-9(13)8(3)16-17(4,14)15/h8H,5-6H2,1-4H3,(H,12,13). The fourth-order valence-electron chi connectivity index (χ4n) is 1.26. The fraction of sp³-hybridized carbons (Fsp3) is 0.800. The number of nitriles is 1. The lowest BCUT2D eigenvalue weighted by molar-refractivity contribution is -0.128. The van der Waals surface area contributed by atoms with Crippen molar-refractivity contribution in [1.82, 2.24) is 5.32 Å². The first kappa shape index (κ1) is 15.9. The number of nitrogens with zero attached hydrogens (tertiary/aromatic N) is 1. The van der Waals surface area contributed by atoms with Crippen LogP contribution in [0.3, 0.4) is 0 Å². The Labute approximate surface area is 102 Å². The Morgan fingerprint density at radius 2 is 1.94 bits per heavy atom. The number of rotatable bonds is 6. The zero-order chi connectivity index (χ0) is 13.7. The van der Waals surface area contributed by atoms with Crippen LogP contribution in [0.2, 0.25) is 0 Å². The summed E-state index contributed by atoms with van der Waals surface area (Å²) in [5.41, 5.74) is -0.966. The summed E-state index contributed by atoms with van der Waals surface area (Å²) in [6.45, 7) is 4.87. The third-order valence-electron chi connectivity index (χ3n) is 2.47. The monoisotopic (exact) mass is 262 g/mol. The molecule has 0 aromatic carbocycles. The second-order valence-corrected chi connectivity index (χ2v) is 5.43. The van der Waals surface area contributed by atoms with Crippen molar-refractivity contribution < 1.29 is 17.4 Å². The van der Waals surface area contributed by atoms with Crippen molar-refractivity contribution >= 4 is 16.0 Å². The van der Waals surface area contributed by atoms with Crippen LogP contribution < -0.4 is 5.32 Å². The highest BCUT2D eigenvalue weighted by atomic mass is 32.2. The normalized spacial score (nSPS) is 13.8. The van der Waals surface area contributed by atoms with Gasteiger partial charge in [-0.1, -0.05) is 13.8 Å². The van der Waals surface area contributed by atoms with E-state index >= 15 is 0 Å². The number of amides is 1. The molecule has 1 atom stereocenters. The molecule has 7 heteroatoms. The van der Waals surface area contributed by atoms with Crippen molar-refractivity contribution in [2.75, 3.05) is 6.26 Å². The summed E-state index contributed by atoms with van der Waals surface area (Å²) in [5, 5.41) is 11.5. The summed E-state index contributed by atoms with van der Waals surface area (Å²) in [5.74, 6) is -0.610. The van der Waals surface area contributed by atoms with E-state index in [9.17, 15) is 13.2 Å². The first-order chi connectivity index (χ1) is 7.69. The van der Waals surface area contributed by atoms with Crippen LogP contribution in [0.5, 0.6) is 0 Å². The first-order valence-corrected chi connectivity index (χ1v) is 7.13. The van der Waals surface area contributed by atoms with E-state index in [-0.39, 0.29) is 0 Å². The average molecular weight is 262 g/mol. The minimum absolute atomic E-state index is 0.442. The zero-order valence-electron chi connectivity index (χ0n) is 10.5. The minimum atomic E-state index is -3.69. The number of hydrogen-bond acceptors (Lipinski definition) is 5. The van der Waals surface area contributed by atoms with Crippen LogP contribution in [0.1, 0.15) is 33.6 Å². The molecule has 0 aliphatic carbocycles. The van der Waals surface area contributed by atoms with Crippen molar-refractivity contribution in [2.24, 2.45) is 0 Å². The van der Waals surface area contributed by atoms with Gasteiger partial charge in [0.1, 0.15) is 5.54 Å². The molecule has 98 valence electrons. The van der Waals surface area contributed by atoms with Crippen LogP contribution in [0.15, 0.2) is 0 Å². The highest BCUT2D eigenvalue weighted by Gasteiger charge is 2.30. The van der Waals surface area contributed by atoms with Gasteiger partial charge in [-0.2, -0.15) is 13.7 Å². The second kappa shape index (κ2) is 5.98. The molecule has 1 amide bonds. The summed E-state index contributed by atoms with van der Waals surface area (Å²) in [7, 11) is -3.69. The molecule has 0 radical (unpaired) electrons. The molecule has 0 aromatic heterocycles. The smallest absolute Gasteiger partial charge is 0.265 e. The van der Waals surface area contributed by atoms with Gasteiger partial charge < -0.3 is 5.32 Å². The zero-order valence-corrected chi connectivity index (χ0v) is 11.3. The topological polar surface area (TPSA) is 96.3 Å². The van der Waals surface area contributed by atoms with Crippen LogP contribution in [0.4, 0.5) is 0 Å². The Morgan fingerprint density at radius 1 is 1.47 bits per heavy atom. The van der Waals surface area contributed by atoms with E-state index in [4.69, 9.17) is 5.26 Å². The third kappa shape index (κ3) is 5.15. The van der Waals surface area contributed by atoms with Gasteiger partial charge in [0.05, 0.1) is 12.3 Å². The number of carbonyl (C=O) groups is 1. The molecule has 0 aliphatic heterocycles. The minimum Gasteiger partial charge on any atom is -0.336 e. The molecule has 0 bridgehead atoms. The summed E-state index contributed by atoms with van der Waals surface area (Å²) < 4.78 is 26.2. The molecule has 0 spiro atoms. The van der Waals surface area contributed by atoms with Crippen molar-refractivity contribution in [2.45, 2.75) is 45.3 Å². The van der Waals surface area contributed by atoms with Crippen LogP contribution in [-0.2, 0) is 19.1 Å². The summed E-state index contributed by atoms with van der Waals surface area (Å²) in [6, 6.07) is 2.03. The number of nitrogens with one attached hydrogen (secondary N) is 1. The molecule has 0 fully saturated rings. The fourth-order valence-corrected chi connectivity index (χ4v) is 1.87. The molecule has 0 rings (SSSR count). The van der Waals surface area contributed by atoms with Crippen LogP contribution >= 0.6 is 0 Å². The van der Waals surface area contributed by atoms with Gasteiger partial charge in [-0.25, -0.2) is 0 Å². The van der Waals surface area contributed by atoms with Gasteiger partial charge in [0.25, 0.3) is 16.0 Å². The van der Waals surface area contributed by atoms with Crippen molar-refractivity contribution in [3.63, 3.8) is 0 Å². The average Bonchev–Trinajstić information content (AvgIpc) is 2.23. The van der Waals surface area contributed by atoms with Gasteiger partial charge in [-0.05, 0) is 19.8 Å². The predicted molar refractivity (Wildman–Crippen MR) is 62.5 cm³/mol. The summed E-state index contributed by atoms with van der Waals surface area (Å²) in [4.78, 5) is 11.7. The third-order valence-corrected chi connectivity index (χ3v) is 3.11. The van der Waals surface area contributed by atoms with E-state index in [0.29, 0.717) is 12.8 Å². The van der Waals surface area contributed by atoms with Gasteiger partial charge in [0.15, 0.2) is 6.10 Å². The Hall–Kier alpha value is -1.13. The van der Waals surface area contributed by atoms with Crippen LogP contribution in [0, 0.1) is 11.3 Å². The van der Waals surface area contributed by atoms with Crippen molar-refractivity contribution in [3.05, 3.63) is 0 Å². The van der Waals surface area contributed by atoms with Crippen LogP contribution in [-0.4, -0.2) is 32.2 Å². The summed E-state index contributed by atoms with van der Waals surface area (Å²) in [6.07, 6.45) is 0.610. The molecule has 17 heavy (non-hydrogen) atoms. The maximum Gasteiger partial charge on any atom is 0.265 e. The molecule has 0 aromatic rings. The van der Waals surface area contributed by atoms with Crippen molar-refractivity contribution in [1.29, 1.82) is 5.26 Å². The number of hydrogen-bond donors (Lipinski definition) is 1. The highest BCUT2D eigenvalue weighted by molar-refractivity contribution is 7.86. The quantitative estimate of drug-likeness (QED) is 0.705. The Kier molecular flexibility index (Phi) is 5.58. The highest BCUT2D eigenvalue weighted by Crippen LogP contribution is 2.14. The Bertz CT molecular complexity index is 407. The largest absolute Gasteiger partial charge is 0.336 e. The molecule has 1 unspecified atom stereocenters. The van der Waals surface area contributed by atoms with Crippen molar-refractivity contribution in [3.8, 4) is 6.07 Å². The predicted octanol–water partition coefficient (Wildman–Crippen LogP) is 0.550. The van der Waals surface area contributed by atoms with E-state index in [1.54, 1.807) is 13.8 Å².